The second-order valence-corrected chi connectivity index (χ2v) is 7.67. The Kier molecular flexibility index (Phi) is 4.70. The Bertz CT molecular complexity index is 1550. The minimum Gasteiger partial charge on any atom is -0.465 e. The molecular weight excluding hydrogens is 406 g/mol. The zero-order valence-electron chi connectivity index (χ0n) is 17.9. The number of carbonyl (C=O) groups is 1. The lowest BCUT2D eigenvalue weighted by Gasteiger charge is -2.12. The number of carbonyl (C=O) groups excluding carboxylic acids is 1. The third-order valence-electron chi connectivity index (χ3n) is 5.80. The van der Waals surface area contributed by atoms with Gasteiger partial charge in [0.05, 0.1) is 23.7 Å². The zero-order chi connectivity index (χ0) is 22.4. The summed E-state index contributed by atoms with van der Waals surface area (Å²) in [6.07, 6.45) is 2.38. The van der Waals surface area contributed by atoms with E-state index in [-0.39, 0.29) is 11.6 Å². The molecule has 0 bridgehead atoms. The minimum absolute atomic E-state index is 0.00514. The van der Waals surface area contributed by atoms with Gasteiger partial charge in [0.2, 0.25) is 0 Å². The molecule has 8 heteroatoms. The lowest BCUT2D eigenvalue weighted by atomic mass is 10.2. The maximum atomic E-state index is 13.5. The highest BCUT2D eigenvalue weighted by molar-refractivity contribution is 6.05. The van der Waals surface area contributed by atoms with Crippen LogP contribution in [0.15, 0.2) is 59.7 Å². The number of hydrogen-bond donors (Lipinski definition) is 0. The third kappa shape index (κ3) is 2.95. The van der Waals surface area contributed by atoms with Crippen LogP contribution in [-0.4, -0.2) is 37.2 Å². The molecule has 0 spiro atoms. The number of aromatic nitrogens is 5. The van der Waals surface area contributed by atoms with Crippen LogP contribution in [0, 0.1) is 0 Å². The number of methoxy groups -OCH3 is 1. The van der Waals surface area contributed by atoms with E-state index >= 15 is 0 Å². The van der Waals surface area contributed by atoms with Gasteiger partial charge in [-0.25, -0.2) is 19.7 Å². The molecule has 1 atom stereocenters. The molecular formula is C24H21N5O3. The van der Waals surface area contributed by atoms with Crippen LogP contribution in [0.3, 0.4) is 0 Å². The van der Waals surface area contributed by atoms with Crippen molar-refractivity contribution in [2.75, 3.05) is 7.11 Å². The second kappa shape index (κ2) is 7.56. The van der Waals surface area contributed by atoms with Gasteiger partial charge in [-0.1, -0.05) is 19.1 Å². The highest BCUT2D eigenvalue weighted by atomic mass is 16.5. The average molecular weight is 427 g/mol. The Morgan fingerprint density at radius 3 is 2.38 bits per heavy atom. The van der Waals surface area contributed by atoms with E-state index in [9.17, 15) is 9.59 Å². The van der Waals surface area contributed by atoms with Crippen molar-refractivity contribution in [1.29, 1.82) is 0 Å². The summed E-state index contributed by atoms with van der Waals surface area (Å²) < 4.78 is 8.25. The van der Waals surface area contributed by atoms with Crippen molar-refractivity contribution in [1.82, 2.24) is 24.1 Å². The van der Waals surface area contributed by atoms with Crippen LogP contribution in [0.25, 0.3) is 38.9 Å². The SMILES string of the molecule is CC[C@@H](C)n1cnc2c(c1=O)c1nc3ccccc3nc1n2-c1ccc(C(=O)OC)cc1. The summed E-state index contributed by atoms with van der Waals surface area (Å²) in [7, 11) is 1.34. The van der Waals surface area contributed by atoms with Crippen molar-refractivity contribution in [2.24, 2.45) is 0 Å². The van der Waals surface area contributed by atoms with Crippen molar-refractivity contribution in [3.8, 4) is 5.69 Å². The minimum atomic E-state index is -0.417. The van der Waals surface area contributed by atoms with Gasteiger partial charge >= 0.3 is 5.97 Å². The molecule has 8 nitrogen and oxygen atoms in total. The maximum absolute atomic E-state index is 13.5. The van der Waals surface area contributed by atoms with E-state index in [1.54, 1.807) is 35.2 Å². The van der Waals surface area contributed by atoms with E-state index < -0.39 is 5.97 Å². The van der Waals surface area contributed by atoms with E-state index in [0.717, 1.165) is 17.6 Å². The molecule has 0 aliphatic rings. The molecule has 0 aliphatic heterocycles. The topological polar surface area (TPSA) is 91.9 Å². The number of ether oxygens (including phenoxy) is 1. The van der Waals surface area contributed by atoms with Gasteiger partial charge < -0.3 is 4.74 Å². The summed E-state index contributed by atoms with van der Waals surface area (Å²) in [5.41, 5.74) is 3.95. The van der Waals surface area contributed by atoms with Gasteiger partial charge in [-0.3, -0.25) is 13.9 Å². The lowest BCUT2D eigenvalue weighted by molar-refractivity contribution is 0.0600. The van der Waals surface area contributed by atoms with Crippen LogP contribution < -0.4 is 5.56 Å². The Morgan fingerprint density at radius 1 is 1.03 bits per heavy atom. The molecule has 0 amide bonds. The van der Waals surface area contributed by atoms with Gasteiger partial charge in [-0.05, 0) is 49.7 Å². The summed E-state index contributed by atoms with van der Waals surface area (Å²) in [6.45, 7) is 4.02. The first kappa shape index (κ1) is 19.9. The second-order valence-electron chi connectivity index (χ2n) is 7.67. The van der Waals surface area contributed by atoms with Crippen molar-refractivity contribution in [3.63, 3.8) is 0 Å². The number of hydrogen-bond acceptors (Lipinski definition) is 6. The predicted octanol–water partition coefficient (Wildman–Crippen LogP) is 4.04. The number of fused-ring (bicyclic) bond motifs is 4. The molecule has 5 rings (SSSR count). The number of para-hydroxylation sites is 2. The molecule has 3 heterocycles. The van der Waals surface area contributed by atoms with Crippen molar-refractivity contribution >= 4 is 39.2 Å². The molecule has 2 aromatic carbocycles. The Hall–Kier alpha value is -4.07. The smallest absolute Gasteiger partial charge is 0.337 e. The fourth-order valence-corrected chi connectivity index (χ4v) is 3.87. The zero-order valence-corrected chi connectivity index (χ0v) is 17.9. The average Bonchev–Trinajstić information content (AvgIpc) is 3.15. The largest absolute Gasteiger partial charge is 0.465 e. The summed E-state index contributed by atoms with van der Waals surface area (Å²) in [5.74, 6) is -0.417. The molecule has 0 fully saturated rings. The van der Waals surface area contributed by atoms with Gasteiger partial charge in [0.1, 0.15) is 17.2 Å². The number of nitrogens with zero attached hydrogens (tertiary/aromatic N) is 5. The normalized spacial score (nSPS) is 12.5. The van der Waals surface area contributed by atoms with Crippen LogP contribution in [0.2, 0.25) is 0 Å². The first-order valence-corrected chi connectivity index (χ1v) is 10.4. The molecule has 5 aromatic rings. The molecule has 32 heavy (non-hydrogen) atoms. The molecule has 3 aromatic heterocycles. The fourth-order valence-electron chi connectivity index (χ4n) is 3.87. The molecule has 0 saturated carbocycles. The van der Waals surface area contributed by atoms with E-state index in [1.807, 2.05) is 42.7 Å². The van der Waals surface area contributed by atoms with Crippen LogP contribution in [0.5, 0.6) is 0 Å². The first-order valence-electron chi connectivity index (χ1n) is 10.4. The quantitative estimate of drug-likeness (QED) is 0.402. The van der Waals surface area contributed by atoms with Crippen LogP contribution in [0.1, 0.15) is 36.7 Å². The third-order valence-corrected chi connectivity index (χ3v) is 5.80. The van der Waals surface area contributed by atoms with Crippen molar-refractivity contribution in [2.45, 2.75) is 26.3 Å². The summed E-state index contributed by atoms with van der Waals surface area (Å²) in [5, 5.41) is 0.429. The molecule has 160 valence electrons. The Labute approximate surface area is 183 Å². The predicted molar refractivity (Wildman–Crippen MR) is 122 cm³/mol. The van der Waals surface area contributed by atoms with Gasteiger partial charge in [0.15, 0.2) is 11.3 Å². The highest BCUT2D eigenvalue weighted by Crippen LogP contribution is 2.28. The monoisotopic (exact) mass is 427 g/mol. The van der Waals surface area contributed by atoms with E-state index in [4.69, 9.17) is 14.7 Å². The number of esters is 1. The standard InChI is InChI=1S/C24H21N5O3/c1-4-14(2)28-13-25-21-19(23(28)30)20-22(27-18-8-6-5-7-17(18)26-20)29(21)16-11-9-15(10-12-16)24(31)32-3/h5-14H,4H2,1-3H3/t14-/m1/s1. The van der Waals surface area contributed by atoms with Crippen LogP contribution in [0.4, 0.5) is 0 Å². The van der Waals surface area contributed by atoms with Gasteiger partial charge in [-0.15, -0.1) is 0 Å². The van der Waals surface area contributed by atoms with E-state index in [1.165, 1.54) is 7.11 Å². The van der Waals surface area contributed by atoms with E-state index in [2.05, 4.69) is 4.98 Å². The van der Waals surface area contributed by atoms with Gasteiger partial charge in [0.25, 0.3) is 5.56 Å². The highest BCUT2D eigenvalue weighted by Gasteiger charge is 2.22. The first-order chi connectivity index (χ1) is 15.5. The summed E-state index contributed by atoms with van der Waals surface area (Å²) >= 11 is 0. The summed E-state index contributed by atoms with van der Waals surface area (Å²) in [4.78, 5) is 39.6. The van der Waals surface area contributed by atoms with Crippen LogP contribution in [-0.2, 0) is 4.74 Å². The van der Waals surface area contributed by atoms with Gasteiger partial charge in [-0.2, -0.15) is 0 Å². The van der Waals surface area contributed by atoms with Crippen LogP contribution >= 0.6 is 0 Å². The lowest BCUT2D eigenvalue weighted by Crippen LogP contribution is -2.23. The number of rotatable bonds is 4. The maximum Gasteiger partial charge on any atom is 0.337 e. The van der Waals surface area contributed by atoms with E-state index in [0.29, 0.717) is 33.3 Å². The molecule has 0 aliphatic carbocycles. The molecule has 0 unspecified atom stereocenters. The molecule has 0 radical (unpaired) electrons. The Balaban J connectivity index is 1.88. The fraction of sp³-hybridized carbons (Fsp3) is 0.208. The molecule has 0 saturated heterocycles. The Morgan fingerprint density at radius 2 is 1.72 bits per heavy atom. The van der Waals surface area contributed by atoms with Gasteiger partial charge in [0, 0.05) is 11.7 Å². The number of benzene rings is 2. The van der Waals surface area contributed by atoms with Crippen molar-refractivity contribution in [3.05, 3.63) is 70.8 Å². The van der Waals surface area contributed by atoms with Crippen molar-refractivity contribution < 1.29 is 9.53 Å². The summed E-state index contributed by atoms with van der Waals surface area (Å²) in [6, 6.07) is 14.5. The molecule has 0 N–H and O–H groups in total.